The first-order valence-electron chi connectivity index (χ1n) is 5.49. The van der Waals surface area contributed by atoms with Crippen LogP contribution in [0.15, 0.2) is 36.5 Å². The molecule has 2 aromatic rings. The van der Waals surface area contributed by atoms with Crippen molar-refractivity contribution >= 4 is 0 Å². The van der Waals surface area contributed by atoms with Crippen molar-refractivity contribution in [1.82, 2.24) is 9.78 Å². The molecule has 1 aromatic heterocycles. The molecule has 0 radical (unpaired) electrons. The van der Waals surface area contributed by atoms with Crippen LogP contribution in [0.4, 0.5) is 0 Å². The Hall–Kier alpha value is -1.77. The standard InChI is InChI=1S/C13H16N2O/c1-10(2)8-11-9-14-15(13(11)16)12-6-4-3-5-7-12/h3-7,9-10,16H,8H2,1-2H3. The van der Waals surface area contributed by atoms with Crippen molar-refractivity contribution in [2.45, 2.75) is 20.3 Å². The number of para-hydroxylation sites is 1. The van der Waals surface area contributed by atoms with Crippen LogP contribution < -0.4 is 0 Å². The van der Waals surface area contributed by atoms with Gasteiger partial charge in [0.15, 0.2) is 0 Å². The van der Waals surface area contributed by atoms with Crippen LogP contribution in [0.2, 0.25) is 0 Å². The number of benzene rings is 1. The Morgan fingerprint density at radius 3 is 2.56 bits per heavy atom. The molecule has 0 atom stereocenters. The van der Waals surface area contributed by atoms with Gasteiger partial charge in [-0.25, -0.2) is 4.68 Å². The molecule has 1 aromatic carbocycles. The van der Waals surface area contributed by atoms with Crippen LogP contribution in [0, 0.1) is 5.92 Å². The molecule has 0 unspecified atom stereocenters. The third-order valence-corrected chi connectivity index (χ3v) is 2.45. The van der Waals surface area contributed by atoms with Gasteiger partial charge in [0, 0.05) is 5.56 Å². The van der Waals surface area contributed by atoms with E-state index in [1.54, 1.807) is 10.9 Å². The van der Waals surface area contributed by atoms with Gasteiger partial charge in [-0.15, -0.1) is 0 Å². The van der Waals surface area contributed by atoms with Crippen LogP contribution in [0.25, 0.3) is 5.69 Å². The molecule has 1 N–H and O–H groups in total. The number of hydrogen-bond acceptors (Lipinski definition) is 2. The summed E-state index contributed by atoms with van der Waals surface area (Å²) in [6, 6.07) is 9.65. The van der Waals surface area contributed by atoms with Crippen molar-refractivity contribution < 1.29 is 5.11 Å². The molecule has 0 spiro atoms. The van der Waals surface area contributed by atoms with Crippen molar-refractivity contribution in [3.05, 3.63) is 42.1 Å². The van der Waals surface area contributed by atoms with Gasteiger partial charge in [-0.3, -0.25) is 0 Å². The van der Waals surface area contributed by atoms with Crippen LogP contribution in [-0.4, -0.2) is 14.9 Å². The predicted octanol–water partition coefficient (Wildman–Crippen LogP) is 2.78. The Morgan fingerprint density at radius 1 is 1.25 bits per heavy atom. The summed E-state index contributed by atoms with van der Waals surface area (Å²) in [5, 5.41) is 14.2. The fraction of sp³-hybridized carbons (Fsp3) is 0.308. The molecule has 0 aliphatic rings. The first kappa shape index (κ1) is 10.7. The molecule has 3 nitrogen and oxygen atoms in total. The molecule has 1 heterocycles. The molecule has 0 amide bonds. The Kier molecular flexibility index (Phi) is 2.95. The Bertz CT molecular complexity index is 460. The first-order chi connectivity index (χ1) is 7.68. The second-order valence-electron chi connectivity index (χ2n) is 4.34. The van der Waals surface area contributed by atoms with E-state index < -0.39 is 0 Å². The van der Waals surface area contributed by atoms with Gasteiger partial charge in [0.05, 0.1) is 11.9 Å². The molecule has 2 rings (SSSR count). The van der Waals surface area contributed by atoms with Gasteiger partial charge in [-0.05, 0) is 24.5 Å². The first-order valence-corrected chi connectivity index (χ1v) is 5.49. The van der Waals surface area contributed by atoms with Gasteiger partial charge < -0.3 is 5.11 Å². The smallest absolute Gasteiger partial charge is 0.217 e. The fourth-order valence-electron chi connectivity index (χ4n) is 1.72. The number of rotatable bonds is 3. The Balaban J connectivity index is 2.34. The second kappa shape index (κ2) is 4.39. The van der Waals surface area contributed by atoms with Crippen molar-refractivity contribution in [2.75, 3.05) is 0 Å². The van der Waals surface area contributed by atoms with E-state index in [9.17, 15) is 5.11 Å². The third-order valence-electron chi connectivity index (χ3n) is 2.45. The van der Waals surface area contributed by atoms with E-state index in [-0.39, 0.29) is 5.88 Å². The molecule has 0 aliphatic carbocycles. The highest BCUT2D eigenvalue weighted by Gasteiger charge is 2.11. The summed E-state index contributed by atoms with van der Waals surface area (Å²) in [6.45, 7) is 4.25. The SMILES string of the molecule is CC(C)Cc1cnn(-c2ccccc2)c1O. The fourth-order valence-corrected chi connectivity index (χ4v) is 1.72. The summed E-state index contributed by atoms with van der Waals surface area (Å²) < 4.78 is 1.57. The summed E-state index contributed by atoms with van der Waals surface area (Å²) in [5.74, 6) is 0.763. The maximum Gasteiger partial charge on any atom is 0.217 e. The predicted molar refractivity (Wildman–Crippen MR) is 63.8 cm³/mol. The molecule has 0 aliphatic heterocycles. The number of aromatic hydroxyl groups is 1. The molecule has 84 valence electrons. The van der Waals surface area contributed by atoms with E-state index in [0.717, 1.165) is 17.7 Å². The lowest BCUT2D eigenvalue weighted by molar-refractivity contribution is 0.424. The van der Waals surface area contributed by atoms with Crippen molar-refractivity contribution in [3.63, 3.8) is 0 Å². The number of aromatic nitrogens is 2. The molecule has 16 heavy (non-hydrogen) atoms. The lowest BCUT2D eigenvalue weighted by Crippen LogP contribution is -1.96. The summed E-state index contributed by atoms with van der Waals surface area (Å²) >= 11 is 0. The maximum absolute atomic E-state index is 10.0. The highest BCUT2D eigenvalue weighted by molar-refractivity contribution is 5.37. The lowest BCUT2D eigenvalue weighted by atomic mass is 10.1. The Labute approximate surface area is 95.3 Å². The average Bonchev–Trinajstić information content (AvgIpc) is 2.61. The summed E-state index contributed by atoms with van der Waals surface area (Å²) in [5.41, 5.74) is 1.79. The molecular formula is C13H16N2O. The van der Waals surface area contributed by atoms with Crippen molar-refractivity contribution in [3.8, 4) is 11.6 Å². The number of nitrogens with zero attached hydrogens (tertiary/aromatic N) is 2. The van der Waals surface area contributed by atoms with E-state index in [2.05, 4.69) is 18.9 Å². The second-order valence-corrected chi connectivity index (χ2v) is 4.34. The van der Waals surface area contributed by atoms with E-state index in [4.69, 9.17) is 0 Å². The minimum atomic E-state index is 0.250. The van der Waals surface area contributed by atoms with Crippen LogP contribution in [0.1, 0.15) is 19.4 Å². The van der Waals surface area contributed by atoms with Gasteiger partial charge in [0.2, 0.25) is 5.88 Å². The van der Waals surface area contributed by atoms with Gasteiger partial charge in [0.25, 0.3) is 0 Å². The molecule has 0 bridgehead atoms. The van der Waals surface area contributed by atoms with Crippen LogP contribution in [0.5, 0.6) is 5.88 Å². The molecule has 0 fully saturated rings. The zero-order valence-corrected chi connectivity index (χ0v) is 9.59. The van der Waals surface area contributed by atoms with E-state index in [1.807, 2.05) is 30.3 Å². The molecule has 3 heteroatoms. The minimum absolute atomic E-state index is 0.250. The van der Waals surface area contributed by atoms with Crippen LogP contribution >= 0.6 is 0 Å². The van der Waals surface area contributed by atoms with Crippen LogP contribution in [-0.2, 0) is 6.42 Å². The van der Waals surface area contributed by atoms with Crippen LogP contribution in [0.3, 0.4) is 0 Å². The average molecular weight is 216 g/mol. The largest absolute Gasteiger partial charge is 0.493 e. The van der Waals surface area contributed by atoms with Gasteiger partial charge >= 0.3 is 0 Å². The summed E-state index contributed by atoms with van der Waals surface area (Å²) in [4.78, 5) is 0. The zero-order valence-electron chi connectivity index (χ0n) is 9.59. The van der Waals surface area contributed by atoms with Gasteiger partial charge in [-0.2, -0.15) is 5.10 Å². The summed E-state index contributed by atoms with van der Waals surface area (Å²) in [7, 11) is 0. The van der Waals surface area contributed by atoms with Crippen molar-refractivity contribution in [1.29, 1.82) is 0 Å². The molecule has 0 saturated carbocycles. The monoisotopic (exact) mass is 216 g/mol. The zero-order chi connectivity index (χ0) is 11.5. The normalized spacial score (nSPS) is 10.9. The third kappa shape index (κ3) is 2.08. The van der Waals surface area contributed by atoms with Gasteiger partial charge in [0.1, 0.15) is 0 Å². The molecule has 0 saturated heterocycles. The minimum Gasteiger partial charge on any atom is -0.493 e. The van der Waals surface area contributed by atoms with E-state index >= 15 is 0 Å². The van der Waals surface area contributed by atoms with Crippen molar-refractivity contribution in [2.24, 2.45) is 5.92 Å². The maximum atomic E-state index is 10.0. The summed E-state index contributed by atoms with van der Waals surface area (Å²) in [6.07, 6.45) is 2.58. The van der Waals surface area contributed by atoms with E-state index in [1.165, 1.54) is 0 Å². The highest BCUT2D eigenvalue weighted by atomic mass is 16.3. The topological polar surface area (TPSA) is 38.0 Å². The Morgan fingerprint density at radius 2 is 1.94 bits per heavy atom. The number of hydrogen-bond donors (Lipinski definition) is 1. The highest BCUT2D eigenvalue weighted by Crippen LogP contribution is 2.23. The van der Waals surface area contributed by atoms with E-state index in [0.29, 0.717) is 5.92 Å². The van der Waals surface area contributed by atoms with Gasteiger partial charge in [-0.1, -0.05) is 32.0 Å². The lowest BCUT2D eigenvalue weighted by Gasteiger charge is -2.05. The quantitative estimate of drug-likeness (QED) is 0.856. The molecular weight excluding hydrogens is 200 g/mol.